The molecule has 2 nitrogen and oxygen atoms in total. The largest absolute Gasteiger partial charge is 0.294 e. The predicted octanol–water partition coefficient (Wildman–Crippen LogP) is 4.01. The second-order valence-corrected chi connectivity index (χ2v) is 6.03. The van der Waals surface area contributed by atoms with E-state index < -0.39 is 5.82 Å². The molecule has 0 saturated heterocycles. The molecule has 102 valence electrons. The highest BCUT2D eigenvalue weighted by molar-refractivity contribution is 5.98. The van der Waals surface area contributed by atoms with Crippen LogP contribution in [0.3, 0.4) is 0 Å². The molecule has 0 N–H and O–H groups in total. The van der Waals surface area contributed by atoms with Gasteiger partial charge in [0, 0.05) is 12.1 Å². The Morgan fingerprint density at radius 3 is 2.74 bits per heavy atom. The third kappa shape index (κ3) is 2.56. The number of carbonyl (C=O) groups excluding carboxylic acids is 1. The molecule has 0 spiro atoms. The number of aromatic nitrogens is 1. The Labute approximate surface area is 113 Å². The van der Waals surface area contributed by atoms with Crippen LogP contribution in [-0.4, -0.2) is 10.8 Å². The topological polar surface area (TPSA) is 30.0 Å². The van der Waals surface area contributed by atoms with Crippen molar-refractivity contribution in [3.8, 4) is 0 Å². The van der Waals surface area contributed by atoms with Crippen LogP contribution in [-0.2, 0) is 0 Å². The van der Waals surface area contributed by atoms with Gasteiger partial charge in [-0.05, 0) is 37.2 Å². The van der Waals surface area contributed by atoms with E-state index >= 15 is 0 Å². The summed E-state index contributed by atoms with van der Waals surface area (Å²) in [5, 5.41) is 0. The summed E-state index contributed by atoms with van der Waals surface area (Å²) in [6.45, 7) is 0. The summed E-state index contributed by atoms with van der Waals surface area (Å²) < 4.78 is 13.6. The van der Waals surface area contributed by atoms with Crippen molar-refractivity contribution in [3.05, 3.63) is 29.8 Å². The van der Waals surface area contributed by atoms with Crippen molar-refractivity contribution in [2.45, 2.75) is 44.9 Å². The summed E-state index contributed by atoms with van der Waals surface area (Å²) >= 11 is 0. The first-order valence-corrected chi connectivity index (χ1v) is 7.39. The Hall–Kier alpha value is -1.25. The van der Waals surface area contributed by atoms with Gasteiger partial charge in [-0.25, -0.2) is 4.39 Å². The van der Waals surface area contributed by atoms with E-state index in [1.807, 2.05) is 0 Å². The molecule has 1 heterocycles. The lowest BCUT2D eigenvalue weighted by Gasteiger charge is -2.38. The van der Waals surface area contributed by atoms with E-state index in [-0.39, 0.29) is 17.3 Å². The highest BCUT2D eigenvalue weighted by Gasteiger charge is 2.35. The number of Topliss-reactive ketones (excluding diaryl/α,β-unsaturated/α-hetero) is 1. The first kappa shape index (κ1) is 12.8. The lowest BCUT2D eigenvalue weighted by molar-refractivity contribution is 0.0759. The van der Waals surface area contributed by atoms with Crippen LogP contribution in [0.25, 0.3) is 0 Å². The van der Waals surface area contributed by atoms with Gasteiger partial charge in [0.15, 0.2) is 11.6 Å². The summed E-state index contributed by atoms with van der Waals surface area (Å²) in [5.74, 6) is 1.06. The molecule has 0 amide bonds. The van der Waals surface area contributed by atoms with Gasteiger partial charge in [-0.1, -0.05) is 25.7 Å². The van der Waals surface area contributed by atoms with Gasteiger partial charge in [-0.2, -0.15) is 0 Å². The van der Waals surface area contributed by atoms with Crippen LogP contribution in [0.5, 0.6) is 0 Å². The predicted molar refractivity (Wildman–Crippen MR) is 71.3 cm³/mol. The molecule has 3 heteroatoms. The van der Waals surface area contributed by atoms with Crippen molar-refractivity contribution in [2.24, 2.45) is 17.8 Å². The molecule has 2 aliphatic carbocycles. The first-order valence-electron chi connectivity index (χ1n) is 7.39. The van der Waals surface area contributed by atoms with Crippen molar-refractivity contribution < 1.29 is 9.18 Å². The average Bonchev–Trinajstić information content (AvgIpc) is 2.46. The Kier molecular flexibility index (Phi) is 3.63. The van der Waals surface area contributed by atoms with Crippen LogP contribution in [0.4, 0.5) is 4.39 Å². The van der Waals surface area contributed by atoms with Crippen molar-refractivity contribution in [3.63, 3.8) is 0 Å². The molecule has 2 saturated carbocycles. The Morgan fingerprint density at radius 2 is 1.95 bits per heavy atom. The number of fused-ring (bicyclic) bond motifs is 1. The Balaban J connectivity index is 1.73. The zero-order valence-corrected chi connectivity index (χ0v) is 11.1. The minimum absolute atomic E-state index is 0.0103. The smallest absolute Gasteiger partial charge is 0.169 e. The average molecular weight is 261 g/mol. The maximum atomic E-state index is 13.6. The number of nitrogens with zero attached hydrogens (tertiary/aromatic N) is 1. The first-order chi connectivity index (χ1) is 9.25. The molecule has 1 aromatic rings. The van der Waals surface area contributed by atoms with E-state index in [9.17, 15) is 9.18 Å². The highest BCUT2D eigenvalue weighted by atomic mass is 19.1. The fraction of sp³-hybridized carbons (Fsp3) is 0.625. The van der Waals surface area contributed by atoms with E-state index in [0.717, 1.165) is 31.4 Å². The minimum atomic E-state index is -0.474. The number of rotatable bonds is 2. The zero-order valence-electron chi connectivity index (χ0n) is 11.1. The normalized spacial score (nSPS) is 30.7. The molecule has 0 aromatic carbocycles. The SMILES string of the molecule is O=C(c1ccncc1F)C1CCC2CCCCC2C1. The Morgan fingerprint density at radius 1 is 1.16 bits per heavy atom. The lowest BCUT2D eigenvalue weighted by atomic mass is 9.66. The molecule has 2 fully saturated rings. The standard InChI is InChI=1S/C16H20FNO/c17-15-10-18-8-7-14(15)16(19)13-6-5-11-3-1-2-4-12(11)9-13/h7-8,10-13H,1-6,9H2. The van der Waals surface area contributed by atoms with E-state index in [1.165, 1.54) is 37.9 Å². The highest BCUT2D eigenvalue weighted by Crippen LogP contribution is 2.43. The number of pyridine rings is 1. The molecule has 1 aromatic heterocycles. The van der Waals surface area contributed by atoms with Crippen molar-refractivity contribution in [2.75, 3.05) is 0 Å². The number of hydrogen-bond donors (Lipinski definition) is 0. The van der Waals surface area contributed by atoms with Gasteiger partial charge in [-0.15, -0.1) is 0 Å². The van der Waals surface area contributed by atoms with E-state index in [0.29, 0.717) is 5.92 Å². The van der Waals surface area contributed by atoms with Gasteiger partial charge >= 0.3 is 0 Å². The summed E-state index contributed by atoms with van der Waals surface area (Å²) in [5.41, 5.74) is 0.231. The number of halogens is 1. The molecular formula is C16H20FNO. The van der Waals surface area contributed by atoms with Crippen molar-refractivity contribution in [1.29, 1.82) is 0 Å². The molecule has 3 atom stereocenters. The van der Waals surface area contributed by atoms with Crippen molar-refractivity contribution in [1.82, 2.24) is 4.98 Å². The summed E-state index contributed by atoms with van der Waals surface area (Å²) in [6, 6.07) is 1.52. The summed E-state index contributed by atoms with van der Waals surface area (Å²) in [6.07, 6.45) is 10.9. The van der Waals surface area contributed by atoms with Gasteiger partial charge in [0.1, 0.15) is 0 Å². The second kappa shape index (κ2) is 5.40. The summed E-state index contributed by atoms with van der Waals surface area (Å²) in [7, 11) is 0. The van der Waals surface area contributed by atoms with E-state index in [2.05, 4.69) is 4.98 Å². The van der Waals surface area contributed by atoms with Crippen LogP contribution >= 0.6 is 0 Å². The molecule has 0 radical (unpaired) electrons. The molecule has 3 rings (SSSR count). The lowest BCUT2D eigenvalue weighted by Crippen LogP contribution is -2.31. The molecule has 2 aliphatic rings. The van der Waals surface area contributed by atoms with Gasteiger partial charge in [-0.3, -0.25) is 9.78 Å². The molecular weight excluding hydrogens is 241 g/mol. The molecule has 0 bridgehead atoms. The minimum Gasteiger partial charge on any atom is -0.294 e. The van der Waals surface area contributed by atoms with Gasteiger partial charge in [0.05, 0.1) is 11.8 Å². The third-order valence-electron chi connectivity index (χ3n) is 4.95. The van der Waals surface area contributed by atoms with Crippen LogP contribution in [0, 0.1) is 23.6 Å². The van der Waals surface area contributed by atoms with E-state index in [4.69, 9.17) is 0 Å². The van der Waals surface area contributed by atoms with Crippen LogP contribution in [0.2, 0.25) is 0 Å². The van der Waals surface area contributed by atoms with Gasteiger partial charge < -0.3 is 0 Å². The number of ketones is 1. The maximum Gasteiger partial charge on any atom is 0.169 e. The van der Waals surface area contributed by atoms with Gasteiger partial charge in [0.25, 0.3) is 0 Å². The maximum absolute atomic E-state index is 13.6. The van der Waals surface area contributed by atoms with Crippen LogP contribution in [0.15, 0.2) is 18.5 Å². The molecule has 3 unspecified atom stereocenters. The fourth-order valence-corrected chi connectivity index (χ4v) is 3.91. The number of hydrogen-bond acceptors (Lipinski definition) is 2. The molecule has 19 heavy (non-hydrogen) atoms. The van der Waals surface area contributed by atoms with Crippen LogP contribution in [0.1, 0.15) is 55.3 Å². The summed E-state index contributed by atoms with van der Waals surface area (Å²) in [4.78, 5) is 16.1. The number of carbonyl (C=O) groups is 1. The fourth-order valence-electron chi connectivity index (χ4n) is 3.91. The van der Waals surface area contributed by atoms with Gasteiger partial charge in [0.2, 0.25) is 0 Å². The zero-order chi connectivity index (χ0) is 13.2. The Bertz CT molecular complexity index is 474. The van der Waals surface area contributed by atoms with Crippen molar-refractivity contribution >= 4 is 5.78 Å². The molecule has 0 aliphatic heterocycles. The quantitative estimate of drug-likeness (QED) is 0.753. The van der Waals surface area contributed by atoms with Crippen LogP contribution < -0.4 is 0 Å². The monoisotopic (exact) mass is 261 g/mol. The van der Waals surface area contributed by atoms with E-state index in [1.54, 1.807) is 0 Å². The second-order valence-electron chi connectivity index (χ2n) is 6.03. The third-order valence-corrected chi connectivity index (χ3v) is 4.95.